The minimum absolute atomic E-state index is 0.00926. The van der Waals surface area contributed by atoms with Crippen molar-refractivity contribution in [2.75, 3.05) is 5.32 Å². The zero-order valence-corrected chi connectivity index (χ0v) is 8.80. The van der Waals surface area contributed by atoms with Crippen molar-refractivity contribution in [1.29, 1.82) is 0 Å². The average molecular weight is 241 g/mol. The van der Waals surface area contributed by atoms with Crippen molar-refractivity contribution in [3.05, 3.63) is 53.2 Å². The molecule has 0 unspecified atom stereocenters. The molecule has 1 N–H and O–H groups in total. The van der Waals surface area contributed by atoms with Gasteiger partial charge in [-0.25, -0.2) is 13.8 Å². The Morgan fingerprint density at radius 1 is 1.19 bits per heavy atom. The zero-order chi connectivity index (χ0) is 11.5. The fourth-order valence-electron chi connectivity index (χ4n) is 1.21. The summed E-state index contributed by atoms with van der Waals surface area (Å²) in [4.78, 5) is 3.76. The Hall–Kier alpha value is -1.68. The van der Waals surface area contributed by atoms with Crippen LogP contribution in [0.1, 0.15) is 0 Å². The molecular formula is C11H7ClF2N2. The molecule has 2 rings (SSSR count). The molecular weight excluding hydrogens is 234 g/mol. The highest BCUT2D eigenvalue weighted by Crippen LogP contribution is 2.20. The van der Waals surface area contributed by atoms with Crippen LogP contribution in [-0.4, -0.2) is 4.98 Å². The minimum Gasteiger partial charge on any atom is -0.338 e. The standard InChI is InChI=1S/C11H7ClF2N2/c12-7-4-10(14)11(15-6-7)16-9-3-1-2-8(13)5-9/h1-6H,(H,15,16). The predicted octanol–water partition coefficient (Wildman–Crippen LogP) is 3.76. The van der Waals surface area contributed by atoms with Crippen LogP contribution in [0, 0.1) is 11.6 Å². The summed E-state index contributed by atoms with van der Waals surface area (Å²) in [6, 6.07) is 6.81. The predicted molar refractivity (Wildman–Crippen MR) is 58.9 cm³/mol. The van der Waals surface area contributed by atoms with Gasteiger partial charge in [-0.3, -0.25) is 0 Å². The Morgan fingerprint density at radius 2 is 2.00 bits per heavy atom. The van der Waals surface area contributed by atoms with Crippen molar-refractivity contribution in [3.63, 3.8) is 0 Å². The summed E-state index contributed by atoms with van der Waals surface area (Å²) in [5.41, 5.74) is 0.425. The Morgan fingerprint density at radius 3 is 2.69 bits per heavy atom. The van der Waals surface area contributed by atoms with Crippen LogP contribution in [0.5, 0.6) is 0 Å². The van der Waals surface area contributed by atoms with Crippen LogP contribution in [-0.2, 0) is 0 Å². The number of halogens is 3. The van der Waals surface area contributed by atoms with Crippen molar-refractivity contribution in [3.8, 4) is 0 Å². The molecule has 0 saturated carbocycles. The van der Waals surface area contributed by atoms with E-state index in [0.717, 1.165) is 6.07 Å². The molecule has 0 bridgehead atoms. The number of nitrogens with one attached hydrogen (secondary N) is 1. The van der Waals surface area contributed by atoms with E-state index >= 15 is 0 Å². The van der Waals surface area contributed by atoms with Gasteiger partial charge >= 0.3 is 0 Å². The minimum atomic E-state index is -0.586. The summed E-state index contributed by atoms with van der Waals surface area (Å²) in [7, 11) is 0. The molecule has 2 nitrogen and oxygen atoms in total. The molecule has 1 heterocycles. The molecule has 16 heavy (non-hydrogen) atoms. The van der Waals surface area contributed by atoms with Gasteiger partial charge in [-0.15, -0.1) is 0 Å². The first-order chi connectivity index (χ1) is 7.65. The number of benzene rings is 1. The lowest BCUT2D eigenvalue weighted by molar-refractivity contribution is 0.624. The maximum Gasteiger partial charge on any atom is 0.167 e. The third kappa shape index (κ3) is 2.46. The quantitative estimate of drug-likeness (QED) is 0.865. The third-order valence-corrected chi connectivity index (χ3v) is 2.10. The summed E-state index contributed by atoms with van der Waals surface area (Å²) < 4.78 is 26.2. The van der Waals surface area contributed by atoms with Gasteiger partial charge in [0, 0.05) is 11.9 Å². The van der Waals surface area contributed by atoms with Crippen molar-refractivity contribution >= 4 is 23.1 Å². The normalized spacial score (nSPS) is 10.2. The van der Waals surface area contributed by atoms with Crippen LogP contribution in [0.25, 0.3) is 0 Å². The highest BCUT2D eigenvalue weighted by Gasteiger charge is 2.05. The van der Waals surface area contributed by atoms with E-state index in [9.17, 15) is 8.78 Å². The second-order valence-corrected chi connectivity index (χ2v) is 3.56. The Balaban J connectivity index is 2.27. The van der Waals surface area contributed by atoms with E-state index in [2.05, 4.69) is 10.3 Å². The Bertz CT molecular complexity index is 517. The molecule has 0 aliphatic rings. The smallest absolute Gasteiger partial charge is 0.167 e. The number of anilines is 2. The number of hydrogen-bond acceptors (Lipinski definition) is 2. The van der Waals surface area contributed by atoms with E-state index in [1.165, 1.54) is 24.4 Å². The first-order valence-electron chi connectivity index (χ1n) is 4.49. The fourth-order valence-corrected chi connectivity index (χ4v) is 1.35. The lowest BCUT2D eigenvalue weighted by Crippen LogP contribution is -1.97. The zero-order valence-electron chi connectivity index (χ0n) is 8.05. The average Bonchev–Trinajstić information content (AvgIpc) is 2.22. The summed E-state index contributed by atoms with van der Waals surface area (Å²) in [5.74, 6) is -0.980. The lowest BCUT2D eigenvalue weighted by atomic mass is 10.3. The van der Waals surface area contributed by atoms with Gasteiger partial charge in [-0.05, 0) is 24.3 Å². The molecule has 82 valence electrons. The summed E-state index contributed by atoms with van der Waals surface area (Å²) in [6.45, 7) is 0. The van der Waals surface area contributed by atoms with Gasteiger partial charge in [0.2, 0.25) is 0 Å². The van der Waals surface area contributed by atoms with Crippen LogP contribution < -0.4 is 5.32 Å². The van der Waals surface area contributed by atoms with Crippen molar-refractivity contribution in [1.82, 2.24) is 4.98 Å². The van der Waals surface area contributed by atoms with Crippen LogP contribution in [0.4, 0.5) is 20.3 Å². The van der Waals surface area contributed by atoms with E-state index < -0.39 is 11.6 Å². The van der Waals surface area contributed by atoms with Crippen LogP contribution in [0.15, 0.2) is 36.5 Å². The van der Waals surface area contributed by atoms with Gasteiger partial charge in [0.25, 0.3) is 0 Å². The van der Waals surface area contributed by atoms with E-state index in [1.807, 2.05) is 0 Å². The fraction of sp³-hybridized carbons (Fsp3) is 0. The van der Waals surface area contributed by atoms with Gasteiger partial charge in [0.15, 0.2) is 11.6 Å². The van der Waals surface area contributed by atoms with Gasteiger partial charge in [-0.1, -0.05) is 17.7 Å². The molecule has 5 heteroatoms. The third-order valence-electron chi connectivity index (χ3n) is 1.90. The van der Waals surface area contributed by atoms with Gasteiger partial charge in [0.1, 0.15) is 5.82 Å². The molecule has 0 aliphatic carbocycles. The molecule has 0 fully saturated rings. The topological polar surface area (TPSA) is 24.9 Å². The highest BCUT2D eigenvalue weighted by atomic mass is 35.5. The van der Waals surface area contributed by atoms with E-state index in [4.69, 9.17) is 11.6 Å². The van der Waals surface area contributed by atoms with Gasteiger partial charge < -0.3 is 5.32 Å². The Kier molecular flexibility index (Phi) is 3.01. The monoisotopic (exact) mass is 240 g/mol. The van der Waals surface area contributed by atoms with Crippen molar-refractivity contribution in [2.24, 2.45) is 0 Å². The second-order valence-electron chi connectivity index (χ2n) is 3.12. The number of nitrogens with zero attached hydrogens (tertiary/aromatic N) is 1. The Labute approximate surface area is 95.9 Å². The summed E-state index contributed by atoms with van der Waals surface area (Å²) >= 11 is 5.55. The first kappa shape index (κ1) is 10.8. The molecule has 0 aliphatic heterocycles. The molecule has 0 saturated heterocycles. The number of rotatable bonds is 2. The van der Waals surface area contributed by atoms with Crippen molar-refractivity contribution in [2.45, 2.75) is 0 Å². The number of hydrogen-bond donors (Lipinski definition) is 1. The van der Waals surface area contributed by atoms with E-state index in [1.54, 1.807) is 6.07 Å². The van der Waals surface area contributed by atoms with Gasteiger partial charge in [-0.2, -0.15) is 0 Å². The SMILES string of the molecule is Fc1cccc(Nc2ncc(Cl)cc2F)c1. The maximum atomic E-state index is 13.3. The van der Waals surface area contributed by atoms with Crippen molar-refractivity contribution < 1.29 is 8.78 Å². The molecule has 0 radical (unpaired) electrons. The maximum absolute atomic E-state index is 13.3. The lowest BCUT2D eigenvalue weighted by Gasteiger charge is -2.06. The van der Waals surface area contributed by atoms with Crippen LogP contribution in [0.3, 0.4) is 0 Å². The molecule has 2 aromatic rings. The summed E-state index contributed by atoms with van der Waals surface area (Å²) in [5, 5.41) is 2.87. The first-order valence-corrected chi connectivity index (χ1v) is 4.86. The molecule has 1 aromatic heterocycles. The number of aromatic nitrogens is 1. The highest BCUT2D eigenvalue weighted by molar-refractivity contribution is 6.30. The summed E-state index contributed by atoms with van der Waals surface area (Å²) in [6.07, 6.45) is 1.31. The largest absolute Gasteiger partial charge is 0.338 e. The molecule has 1 aromatic carbocycles. The second kappa shape index (κ2) is 4.45. The molecule has 0 amide bonds. The van der Waals surface area contributed by atoms with Crippen LogP contribution >= 0.6 is 11.6 Å². The molecule has 0 atom stereocenters. The molecule has 0 spiro atoms. The number of pyridine rings is 1. The van der Waals surface area contributed by atoms with E-state index in [-0.39, 0.29) is 10.8 Å². The van der Waals surface area contributed by atoms with E-state index in [0.29, 0.717) is 5.69 Å². The van der Waals surface area contributed by atoms with Gasteiger partial charge in [0.05, 0.1) is 5.02 Å². The van der Waals surface area contributed by atoms with Crippen LogP contribution in [0.2, 0.25) is 5.02 Å².